The summed E-state index contributed by atoms with van der Waals surface area (Å²) in [6.45, 7) is 10.8. The van der Waals surface area contributed by atoms with E-state index in [-0.39, 0.29) is 0 Å². The zero-order valence-corrected chi connectivity index (χ0v) is 12.9. The van der Waals surface area contributed by atoms with E-state index in [1.807, 2.05) is 19.1 Å². The van der Waals surface area contributed by atoms with Gasteiger partial charge in [0.15, 0.2) is 0 Å². The van der Waals surface area contributed by atoms with Crippen LogP contribution in [0.1, 0.15) is 32.3 Å². The molecule has 0 radical (unpaired) electrons. The molecule has 0 spiro atoms. The monoisotopic (exact) mass is 276 g/mol. The summed E-state index contributed by atoms with van der Waals surface area (Å²) < 4.78 is 5.65. The summed E-state index contributed by atoms with van der Waals surface area (Å²) in [6, 6.07) is 8.30. The van der Waals surface area contributed by atoms with E-state index in [1.165, 1.54) is 38.0 Å². The van der Waals surface area contributed by atoms with Crippen molar-refractivity contribution in [3.05, 3.63) is 29.8 Å². The molecule has 1 heterocycles. The summed E-state index contributed by atoms with van der Waals surface area (Å²) in [5, 5.41) is 3.57. The van der Waals surface area contributed by atoms with E-state index in [0.29, 0.717) is 5.92 Å². The van der Waals surface area contributed by atoms with Gasteiger partial charge in [0.25, 0.3) is 0 Å². The highest BCUT2D eigenvalue weighted by molar-refractivity contribution is 5.33. The zero-order valence-electron chi connectivity index (χ0n) is 12.9. The summed E-state index contributed by atoms with van der Waals surface area (Å²) in [4.78, 5) is 2.58. The van der Waals surface area contributed by atoms with Gasteiger partial charge >= 0.3 is 0 Å². The molecule has 0 aromatic heterocycles. The van der Waals surface area contributed by atoms with Gasteiger partial charge in [0.1, 0.15) is 5.75 Å². The van der Waals surface area contributed by atoms with E-state index in [1.54, 1.807) is 0 Å². The van der Waals surface area contributed by atoms with Gasteiger partial charge in [-0.1, -0.05) is 25.1 Å². The third kappa shape index (κ3) is 4.80. The molecule has 2 rings (SSSR count). The molecular weight excluding hydrogens is 248 g/mol. The zero-order chi connectivity index (χ0) is 14.2. The highest BCUT2D eigenvalue weighted by Gasteiger charge is 2.14. The molecular formula is C17H28N2O. The van der Waals surface area contributed by atoms with Gasteiger partial charge in [0.2, 0.25) is 0 Å². The molecule has 1 fully saturated rings. The van der Waals surface area contributed by atoms with Crippen LogP contribution < -0.4 is 10.1 Å². The largest absolute Gasteiger partial charge is 0.494 e. The molecule has 0 aliphatic carbocycles. The van der Waals surface area contributed by atoms with Crippen molar-refractivity contribution in [2.75, 3.05) is 32.8 Å². The topological polar surface area (TPSA) is 24.5 Å². The lowest BCUT2D eigenvalue weighted by Crippen LogP contribution is -2.31. The second kappa shape index (κ2) is 8.28. The standard InChI is InChI=1S/C17H28N2O/c1-3-20-17-9-5-4-8-16(17)13-18-12-15(2)14-19-10-6-7-11-19/h4-5,8-9,15,18H,3,6-7,10-14H2,1-2H3. The lowest BCUT2D eigenvalue weighted by atomic mass is 10.1. The maximum absolute atomic E-state index is 5.65. The fourth-order valence-electron chi connectivity index (χ4n) is 2.87. The molecule has 1 aromatic carbocycles. The lowest BCUT2D eigenvalue weighted by molar-refractivity contribution is 0.282. The fraction of sp³-hybridized carbons (Fsp3) is 0.647. The minimum atomic E-state index is 0.701. The molecule has 1 unspecified atom stereocenters. The third-order valence-electron chi connectivity index (χ3n) is 3.85. The Morgan fingerprint density at radius 2 is 2.00 bits per heavy atom. The predicted molar refractivity (Wildman–Crippen MR) is 84.2 cm³/mol. The maximum Gasteiger partial charge on any atom is 0.123 e. The lowest BCUT2D eigenvalue weighted by Gasteiger charge is -2.20. The number of ether oxygens (including phenoxy) is 1. The van der Waals surface area contributed by atoms with Gasteiger partial charge < -0.3 is 15.0 Å². The van der Waals surface area contributed by atoms with Crippen molar-refractivity contribution in [3.63, 3.8) is 0 Å². The SMILES string of the molecule is CCOc1ccccc1CNCC(C)CN1CCCC1. The van der Waals surface area contributed by atoms with Crippen molar-refractivity contribution < 1.29 is 4.74 Å². The predicted octanol–water partition coefficient (Wildman–Crippen LogP) is 2.91. The van der Waals surface area contributed by atoms with Crippen LogP contribution in [0.5, 0.6) is 5.75 Å². The van der Waals surface area contributed by atoms with E-state index in [4.69, 9.17) is 4.74 Å². The summed E-state index contributed by atoms with van der Waals surface area (Å²) in [5.41, 5.74) is 1.25. The number of para-hydroxylation sites is 1. The quantitative estimate of drug-likeness (QED) is 0.790. The number of benzene rings is 1. The first kappa shape index (κ1) is 15.3. The number of likely N-dealkylation sites (tertiary alicyclic amines) is 1. The average Bonchev–Trinajstić information content (AvgIpc) is 2.94. The van der Waals surface area contributed by atoms with Crippen molar-refractivity contribution in [2.24, 2.45) is 5.92 Å². The van der Waals surface area contributed by atoms with Crippen molar-refractivity contribution >= 4 is 0 Å². The van der Waals surface area contributed by atoms with Crippen molar-refractivity contribution in [1.29, 1.82) is 0 Å². The molecule has 0 saturated carbocycles. The Balaban J connectivity index is 1.71. The molecule has 112 valence electrons. The minimum absolute atomic E-state index is 0.701. The normalized spacial score (nSPS) is 17.3. The Hall–Kier alpha value is -1.06. The first-order valence-electron chi connectivity index (χ1n) is 7.93. The maximum atomic E-state index is 5.65. The van der Waals surface area contributed by atoms with Gasteiger partial charge in [0.05, 0.1) is 6.61 Å². The number of hydrogen-bond donors (Lipinski definition) is 1. The molecule has 1 atom stereocenters. The molecule has 0 amide bonds. The number of nitrogens with zero attached hydrogens (tertiary/aromatic N) is 1. The molecule has 3 heteroatoms. The van der Waals surface area contributed by atoms with Gasteiger partial charge in [-0.2, -0.15) is 0 Å². The number of rotatable bonds is 8. The van der Waals surface area contributed by atoms with Crippen LogP contribution in [0.2, 0.25) is 0 Å². The highest BCUT2D eigenvalue weighted by atomic mass is 16.5. The van der Waals surface area contributed by atoms with Gasteiger partial charge in [-0.05, 0) is 51.4 Å². The molecule has 1 aromatic rings. The summed E-state index contributed by atoms with van der Waals surface area (Å²) in [5.74, 6) is 1.71. The molecule has 0 bridgehead atoms. The van der Waals surface area contributed by atoms with Gasteiger partial charge in [-0.25, -0.2) is 0 Å². The van der Waals surface area contributed by atoms with E-state index < -0.39 is 0 Å². The highest BCUT2D eigenvalue weighted by Crippen LogP contribution is 2.17. The van der Waals surface area contributed by atoms with Crippen LogP contribution in [0.3, 0.4) is 0 Å². The van der Waals surface area contributed by atoms with E-state index in [2.05, 4.69) is 29.3 Å². The first-order chi connectivity index (χ1) is 9.79. The summed E-state index contributed by atoms with van der Waals surface area (Å²) in [7, 11) is 0. The number of hydrogen-bond acceptors (Lipinski definition) is 3. The Labute approximate surface area is 123 Å². The second-order valence-corrected chi connectivity index (χ2v) is 5.78. The fourth-order valence-corrected chi connectivity index (χ4v) is 2.87. The van der Waals surface area contributed by atoms with Crippen LogP contribution in [0.15, 0.2) is 24.3 Å². The molecule has 1 aliphatic heterocycles. The van der Waals surface area contributed by atoms with Crippen LogP contribution in [0.4, 0.5) is 0 Å². The summed E-state index contributed by atoms with van der Waals surface area (Å²) in [6.07, 6.45) is 2.75. The van der Waals surface area contributed by atoms with Crippen LogP contribution in [-0.4, -0.2) is 37.7 Å². The molecule has 1 N–H and O–H groups in total. The summed E-state index contributed by atoms with van der Waals surface area (Å²) >= 11 is 0. The Morgan fingerprint density at radius 1 is 1.25 bits per heavy atom. The molecule has 1 aliphatic rings. The van der Waals surface area contributed by atoms with Gasteiger partial charge in [0, 0.05) is 18.7 Å². The van der Waals surface area contributed by atoms with Crippen LogP contribution in [0, 0.1) is 5.92 Å². The van der Waals surface area contributed by atoms with E-state index in [9.17, 15) is 0 Å². The Bertz CT molecular complexity index is 388. The van der Waals surface area contributed by atoms with E-state index >= 15 is 0 Å². The molecule has 1 saturated heterocycles. The smallest absolute Gasteiger partial charge is 0.123 e. The van der Waals surface area contributed by atoms with Crippen molar-refractivity contribution in [1.82, 2.24) is 10.2 Å². The van der Waals surface area contributed by atoms with Crippen LogP contribution >= 0.6 is 0 Å². The minimum Gasteiger partial charge on any atom is -0.494 e. The third-order valence-corrected chi connectivity index (χ3v) is 3.85. The first-order valence-corrected chi connectivity index (χ1v) is 7.93. The molecule has 3 nitrogen and oxygen atoms in total. The van der Waals surface area contributed by atoms with Gasteiger partial charge in [-0.3, -0.25) is 0 Å². The molecule has 20 heavy (non-hydrogen) atoms. The Kier molecular flexibility index (Phi) is 6.34. The number of nitrogens with one attached hydrogen (secondary N) is 1. The Morgan fingerprint density at radius 3 is 2.75 bits per heavy atom. The average molecular weight is 276 g/mol. The van der Waals surface area contributed by atoms with E-state index in [0.717, 1.165) is 25.4 Å². The van der Waals surface area contributed by atoms with Gasteiger partial charge in [-0.15, -0.1) is 0 Å². The van der Waals surface area contributed by atoms with Crippen molar-refractivity contribution in [3.8, 4) is 5.75 Å². The van der Waals surface area contributed by atoms with Crippen molar-refractivity contribution in [2.45, 2.75) is 33.2 Å². The second-order valence-electron chi connectivity index (χ2n) is 5.78. The van der Waals surface area contributed by atoms with Crippen LogP contribution in [0.25, 0.3) is 0 Å². The van der Waals surface area contributed by atoms with Crippen LogP contribution in [-0.2, 0) is 6.54 Å².